The zero-order chi connectivity index (χ0) is 18.1. The first-order valence-electron chi connectivity index (χ1n) is 9.92. The van der Waals surface area contributed by atoms with Crippen molar-refractivity contribution in [3.8, 4) is 0 Å². The second-order valence-corrected chi connectivity index (χ2v) is 9.30. The zero-order valence-electron chi connectivity index (χ0n) is 15.6. The molecule has 2 saturated heterocycles. The Bertz CT molecular complexity index is 691. The molecule has 0 atom stereocenters. The van der Waals surface area contributed by atoms with Crippen molar-refractivity contribution in [1.29, 1.82) is 0 Å². The number of carbonyl (C=O) groups excluding carboxylic acids is 2. The van der Waals surface area contributed by atoms with Crippen LogP contribution in [-0.2, 0) is 9.59 Å². The summed E-state index contributed by atoms with van der Waals surface area (Å²) in [7, 11) is 0. The minimum atomic E-state index is -0.172. The molecule has 4 nitrogen and oxygen atoms in total. The first kappa shape index (κ1) is 17.9. The van der Waals surface area contributed by atoms with E-state index >= 15 is 0 Å². The highest BCUT2D eigenvalue weighted by Gasteiger charge is 2.49. The minimum Gasteiger partial charge on any atom is -0.342 e. The van der Waals surface area contributed by atoms with Gasteiger partial charge in [-0.15, -0.1) is 11.8 Å². The third kappa shape index (κ3) is 3.26. The Morgan fingerprint density at radius 2 is 1.88 bits per heavy atom. The molecule has 2 amide bonds. The molecule has 0 radical (unpaired) electrons. The smallest absolute Gasteiger partial charge is 0.238 e. The van der Waals surface area contributed by atoms with E-state index < -0.39 is 0 Å². The van der Waals surface area contributed by atoms with Gasteiger partial charge in [-0.2, -0.15) is 0 Å². The van der Waals surface area contributed by atoms with Gasteiger partial charge in [0.05, 0.1) is 10.6 Å². The van der Waals surface area contributed by atoms with Gasteiger partial charge in [0.25, 0.3) is 0 Å². The van der Waals surface area contributed by atoms with Crippen molar-refractivity contribution in [2.45, 2.75) is 56.7 Å². The van der Waals surface area contributed by atoms with Gasteiger partial charge in [-0.25, -0.2) is 0 Å². The Morgan fingerprint density at radius 3 is 2.58 bits per heavy atom. The van der Waals surface area contributed by atoms with E-state index in [1.165, 1.54) is 24.8 Å². The highest BCUT2D eigenvalue weighted by Crippen LogP contribution is 2.47. The molecule has 2 heterocycles. The molecule has 5 heteroatoms. The number of carbonyl (C=O) groups is 2. The van der Waals surface area contributed by atoms with Gasteiger partial charge in [0.15, 0.2) is 0 Å². The molecule has 1 aromatic rings. The van der Waals surface area contributed by atoms with Crippen molar-refractivity contribution in [2.75, 3.05) is 23.7 Å². The average molecular weight is 373 g/mol. The third-order valence-electron chi connectivity index (χ3n) is 6.19. The number of thioether (sulfide) groups is 1. The van der Waals surface area contributed by atoms with Gasteiger partial charge in [0.2, 0.25) is 11.8 Å². The van der Waals surface area contributed by atoms with E-state index in [1.807, 2.05) is 17.0 Å². The number of amides is 2. The summed E-state index contributed by atoms with van der Waals surface area (Å²) in [6.07, 6.45) is 7.52. The number of piperidine rings is 1. The van der Waals surface area contributed by atoms with Gasteiger partial charge in [-0.1, -0.05) is 31.4 Å². The molecular formula is C21H28N2O2S. The lowest BCUT2D eigenvalue weighted by molar-refractivity contribution is -0.137. The number of aryl methyl sites for hydroxylation is 1. The highest BCUT2D eigenvalue weighted by molar-refractivity contribution is 8.02. The van der Waals surface area contributed by atoms with Crippen molar-refractivity contribution in [1.82, 2.24) is 4.90 Å². The standard InChI is InChI=1S/C21H28N2O2S/c1-16-6-5-9-18(14-16)23-19(24)15-26-21(23)10-12-22(13-11-21)20(25)17-7-3-2-4-8-17/h5-6,9,14,17H,2-4,7-8,10-13,15H2,1H3. The highest BCUT2D eigenvalue weighted by atomic mass is 32.2. The molecule has 1 saturated carbocycles. The molecule has 1 aliphatic carbocycles. The summed E-state index contributed by atoms with van der Waals surface area (Å²) in [4.78, 5) is 29.4. The number of hydrogen-bond donors (Lipinski definition) is 0. The Hall–Kier alpha value is -1.49. The van der Waals surface area contributed by atoms with Crippen LogP contribution < -0.4 is 4.90 Å². The van der Waals surface area contributed by atoms with Crippen LogP contribution in [0.4, 0.5) is 5.69 Å². The maximum atomic E-state index is 12.9. The second kappa shape index (κ2) is 7.26. The van der Waals surface area contributed by atoms with Gasteiger partial charge < -0.3 is 4.90 Å². The number of anilines is 1. The Kier molecular flexibility index (Phi) is 5.00. The lowest BCUT2D eigenvalue weighted by Gasteiger charge is -2.44. The molecule has 1 spiro atoms. The van der Waals surface area contributed by atoms with Crippen molar-refractivity contribution in [3.63, 3.8) is 0 Å². The van der Waals surface area contributed by atoms with Crippen LogP contribution in [0, 0.1) is 12.8 Å². The van der Waals surface area contributed by atoms with Gasteiger partial charge in [-0.05, 0) is 50.3 Å². The SMILES string of the molecule is Cc1cccc(N2C(=O)CSC23CCN(C(=O)C2CCCCC2)CC3)c1. The molecule has 0 N–H and O–H groups in total. The normalized spacial score (nSPS) is 23.7. The van der Waals surface area contributed by atoms with E-state index in [1.54, 1.807) is 11.8 Å². The van der Waals surface area contributed by atoms with Crippen LogP contribution >= 0.6 is 11.8 Å². The second-order valence-electron chi connectivity index (χ2n) is 7.96. The topological polar surface area (TPSA) is 40.6 Å². The fourth-order valence-corrected chi connectivity index (χ4v) is 6.08. The lowest BCUT2D eigenvalue weighted by Crippen LogP contribution is -2.54. The monoisotopic (exact) mass is 372 g/mol. The zero-order valence-corrected chi connectivity index (χ0v) is 16.4. The van der Waals surface area contributed by atoms with Crippen molar-refractivity contribution in [2.24, 2.45) is 5.92 Å². The summed E-state index contributed by atoms with van der Waals surface area (Å²) in [6.45, 7) is 3.62. The Morgan fingerprint density at radius 1 is 1.15 bits per heavy atom. The molecule has 2 aliphatic heterocycles. The molecule has 0 aromatic heterocycles. The first-order valence-corrected chi connectivity index (χ1v) is 10.9. The molecule has 4 rings (SSSR count). The molecule has 0 unspecified atom stereocenters. The van der Waals surface area contributed by atoms with Crippen molar-refractivity contribution in [3.05, 3.63) is 29.8 Å². The fourth-order valence-electron chi connectivity index (χ4n) is 4.75. The van der Waals surface area contributed by atoms with Crippen LogP contribution in [0.1, 0.15) is 50.5 Å². The summed E-state index contributed by atoms with van der Waals surface area (Å²) >= 11 is 1.77. The third-order valence-corrected chi connectivity index (χ3v) is 7.71. The van der Waals surface area contributed by atoms with Crippen LogP contribution in [0.2, 0.25) is 0 Å². The van der Waals surface area contributed by atoms with Crippen LogP contribution in [0.15, 0.2) is 24.3 Å². The lowest BCUT2D eigenvalue weighted by atomic mass is 9.87. The van der Waals surface area contributed by atoms with E-state index in [0.29, 0.717) is 11.7 Å². The van der Waals surface area contributed by atoms with Crippen LogP contribution in [0.25, 0.3) is 0 Å². The predicted molar refractivity (Wildman–Crippen MR) is 106 cm³/mol. The Labute approximate surface area is 160 Å². The van der Waals surface area contributed by atoms with E-state index in [4.69, 9.17) is 0 Å². The number of likely N-dealkylation sites (tertiary alicyclic amines) is 1. The molecule has 3 fully saturated rings. The van der Waals surface area contributed by atoms with E-state index in [9.17, 15) is 9.59 Å². The van der Waals surface area contributed by atoms with Crippen LogP contribution in [0.3, 0.4) is 0 Å². The summed E-state index contributed by atoms with van der Waals surface area (Å²) < 4.78 is 0. The number of nitrogens with zero attached hydrogens (tertiary/aromatic N) is 2. The van der Waals surface area contributed by atoms with Crippen LogP contribution in [-0.4, -0.2) is 40.4 Å². The van der Waals surface area contributed by atoms with Crippen molar-refractivity contribution >= 4 is 29.3 Å². The maximum Gasteiger partial charge on any atom is 0.238 e. The molecule has 3 aliphatic rings. The number of rotatable bonds is 2. The summed E-state index contributed by atoms with van der Waals surface area (Å²) in [6, 6.07) is 8.23. The number of benzene rings is 1. The predicted octanol–water partition coefficient (Wildman–Crippen LogP) is 3.97. The van der Waals surface area contributed by atoms with Gasteiger partial charge in [0, 0.05) is 24.7 Å². The minimum absolute atomic E-state index is 0.172. The van der Waals surface area contributed by atoms with E-state index in [0.717, 1.165) is 44.5 Å². The summed E-state index contributed by atoms with van der Waals surface area (Å²) in [5, 5.41) is 0. The maximum absolute atomic E-state index is 12.9. The van der Waals surface area contributed by atoms with Crippen LogP contribution in [0.5, 0.6) is 0 Å². The molecule has 26 heavy (non-hydrogen) atoms. The summed E-state index contributed by atoms with van der Waals surface area (Å²) in [5.74, 6) is 1.34. The average Bonchev–Trinajstić information content (AvgIpc) is 2.98. The largest absolute Gasteiger partial charge is 0.342 e. The fraction of sp³-hybridized carbons (Fsp3) is 0.619. The molecule has 0 bridgehead atoms. The van der Waals surface area contributed by atoms with Gasteiger partial charge >= 0.3 is 0 Å². The Balaban J connectivity index is 1.48. The molecule has 1 aromatic carbocycles. The molecular weight excluding hydrogens is 344 g/mol. The van der Waals surface area contributed by atoms with E-state index in [-0.39, 0.29) is 16.7 Å². The molecule has 140 valence electrons. The van der Waals surface area contributed by atoms with E-state index in [2.05, 4.69) is 24.0 Å². The van der Waals surface area contributed by atoms with Gasteiger partial charge in [-0.3, -0.25) is 14.5 Å². The van der Waals surface area contributed by atoms with Gasteiger partial charge in [0.1, 0.15) is 0 Å². The van der Waals surface area contributed by atoms with Crippen molar-refractivity contribution < 1.29 is 9.59 Å². The quantitative estimate of drug-likeness (QED) is 0.789. The summed E-state index contributed by atoms with van der Waals surface area (Å²) in [5.41, 5.74) is 2.18. The first-order chi connectivity index (χ1) is 12.6. The number of hydrogen-bond acceptors (Lipinski definition) is 3.